The number of aryl methyl sites for hydroxylation is 2. The lowest BCUT2D eigenvalue weighted by molar-refractivity contribution is 0.189. The van der Waals surface area contributed by atoms with E-state index in [1.54, 1.807) is 13.0 Å². The number of aliphatic hydroxyl groups excluding tert-OH is 1. The summed E-state index contributed by atoms with van der Waals surface area (Å²) in [6.45, 7) is 6.07. The zero-order chi connectivity index (χ0) is 14.7. The lowest BCUT2D eigenvalue weighted by atomic mass is 10.1. The second kappa shape index (κ2) is 6.06. The molecule has 0 heterocycles. The van der Waals surface area contributed by atoms with Crippen LogP contribution in [0.2, 0.25) is 0 Å². The van der Waals surface area contributed by atoms with Gasteiger partial charge in [-0.1, -0.05) is 29.3 Å². The number of halogens is 1. The van der Waals surface area contributed by atoms with Crippen LogP contribution in [-0.2, 0) is 6.61 Å². The van der Waals surface area contributed by atoms with Crippen molar-refractivity contribution >= 4 is 0 Å². The summed E-state index contributed by atoms with van der Waals surface area (Å²) in [6, 6.07) is 10.4. The van der Waals surface area contributed by atoms with Crippen molar-refractivity contribution in [2.45, 2.75) is 33.5 Å². The average Bonchev–Trinajstić information content (AvgIpc) is 2.36. The average molecular weight is 274 g/mol. The number of aliphatic hydroxyl groups is 1. The molecule has 2 aromatic rings. The molecule has 0 aliphatic carbocycles. The zero-order valence-electron chi connectivity index (χ0n) is 12.0. The molecule has 0 spiro atoms. The Balaban J connectivity index is 2.18. The quantitative estimate of drug-likeness (QED) is 0.910. The van der Waals surface area contributed by atoms with Crippen molar-refractivity contribution in [3.8, 4) is 5.75 Å². The first-order valence-electron chi connectivity index (χ1n) is 6.63. The van der Waals surface area contributed by atoms with Crippen molar-refractivity contribution < 1.29 is 14.2 Å². The first-order chi connectivity index (χ1) is 9.45. The number of hydrogen-bond acceptors (Lipinski definition) is 2. The maximum atomic E-state index is 13.2. The summed E-state index contributed by atoms with van der Waals surface area (Å²) >= 11 is 0. The smallest absolute Gasteiger partial charge is 0.125 e. The highest BCUT2D eigenvalue weighted by Crippen LogP contribution is 2.26. The number of benzene rings is 2. The van der Waals surface area contributed by atoms with E-state index in [4.69, 9.17) is 4.74 Å². The van der Waals surface area contributed by atoms with E-state index in [2.05, 4.69) is 18.2 Å². The number of ether oxygens (including phenoxy) is 1. The first-order valence-corrected chi connectivity index (χ1v) is 6.63. The third-order valence-corrected chi connectivity index (χ3v) is 3.10. The molecular weight excluding hydrogens is 255 g/mol. The second-order valence-corrected chi connectivity index (χ2v) is 5.14. The number of hydrogen-bond donors (Lipinski definition) is 1. The molecule has 1 unspecified atom stereocenters. The van der Waals surface area contributed by atoms with Crippen molar-refractivity contribution in [1.29, 1.82) is 0 Å². The summed E-state index contributed by atoms with van der Waals surface area (Å²) in [4.78, 5) is 0. The minimum atomic E-state index is -0.764. The van der Waals surface area contributed by atoms with Gasteiger partial charge in [0.15, 0.2) is 0 Å². The molecular formula is C17H19FO2. The minimum Gasteiger partial charge on any atom is -0.489 e. The van der Waals surface area contributed by atoms with Crippen molar-refractivity contribution in [3.63, 3.8) is 0 Å². The minimum absolute atomic E-state index is 0.375. The van der Waals surface area contributed by atoms with Crippen LogP contribution in [0.3, 0.4) is 0 Å². The monoisotopic (exact) mass is 274 g/mol. The molecule has 3 heteroatoms. The van der Waals surface area contributed by atoms with Crippen molar-refractivity contribution in [2.75, 3.05) is 0 Å². The summed E-state index contributed by atoms with van der Waals surface area (Å²) < 4.78 is 18.9. The molecule has 2 nitrogen and oxygen atoms in total. The van der Waals surface area contributed by atoms with E-state index in [-0.39, 0.29) is 5.82 Å². The van der Waals surface area contributed by atoms with Crippen molar-refractivity contribution in [2.24, 2.45) is 0 Å². The van der Waals surface area contributed by atoms with E-state index in [9.17, 15) is 9.50 Å². The van der Waals surface area contributed by atoms with E-state index in [1.165, 1.54) is 23.3 Å². The zero-order valence-corrected chi connectivity index (χ0v) is 12.0. The summed E-state index contributed by atoms with van der Waals surface area (Å²) in [5.41, 5.74) is 3.88. The Kier molecular flexibility index (Phi) is 4.40. The molecule has 20 heavy (non-hydrogen) atoms. The lowest BCUT2D eigenvalue weighted by Gasteiger charge is -2.14. The normalized spacial score (nSPS) is 12.2. The van der Waals surface area contributed by atoms with Crippen molar-refractivity contribution in [3.05, 3.63) is 64.5 Å². The molecule has 2 aromatic carbocycles. The van der Waals surface area contributed by atoms with Crippen LogP contribution in [0.1, 0.15) is 35.3 Å². The Morgan fingerprint density at radius 1 is 1.10 bits per heavy atom. The van der Waals surface area contributed by atoms with Gasteiger partial charge >= 0.3 is 0 Å². The van der Waals surface area contributed by atoms with Crippen molar-refractivity contribution in [1.82, 2.24) is 0 Å². The van der Waals surface area contributed by atoms with Gasteiger partial charge in [0.1, 0.15) is 18.2 Å². The Bertz CT molecular complexity index is 586. The van der Waals surface area contributed by atoms with Crippen LogP contribution < -0.4 is 4.74 Å². The fraction of sp³-hybridized carbons (Fsp3) is 0.294. The molecule has 0 aliphatic heterocycles. The molecule has 0 saturated carbocycles. The second-order valence-electron chi connectivity index (χ2n) is 5.14. The molecule has 1 N–H and O–H groups in total. The SMILES string of the molecule is Cc1cc(C)cc(COc2ccc(F)cc2C(C)O)c1. The van der Waals surface area contributed by atoms with Gasteiger partial charge < -0.3 is 9.84 Å². The van der Waals surface area contributed by atoms with Gasteiger partial charge in [-0.2, -0.15) is 0 Å². The highest BCUT2D eigenvalue weighted by Gasteiger charge is 2.11. The van der Waals surface area contributed by atoms with Crippen LogP contribution in [0.25, 0.3) is 0 Å². The Labute approximate surface area is 118 Å². The third-order valence-electron chi connectivity index (χ3n) is 3.10. The molecule has 0 saturated heterocycles. The fourth-order valence-electron chi connectivity index (χ4n) is 2.29. The van der Waals surface area contributed by atoms with Gasteiger partial charge in [-0.05, 0) is 44.5 Å². The van der Waals surface area contributed by atoms with E-state index < -0.39 is 6.10 Å². The van der Waals surface area contributed by atoms with Crippen LogP contribution in [0.15, 0.2) is 36.4 Å². The predicted molar refractivity (Wildman–Crippen MR) is 77.3 cm³/mol. The summed E-state index contributed by atoms with van der Waals surface area (Å²) in [5, 5.41) is 9.67. The van der Waals surface area contributed by atoms with E-state index in [0.29, 0.717) is 17.9 Å². The van der Waals surface area contributed by atoms with E-state index >= 15 is 0 Å². The summed E-state index contributed by atoms with van der Waals surface area (Å²) in [7, 11) is 0. The van der Waals surface area contributed by atoms with Gasteiger partial charge in [-0.3, -0.25) is 0 Å². The highest BCUT2D eigenvalue weighted by molar-refractivity contribution is 5.36. The topological polar surface area (TPSA) is 29.5 Å². The van der Waals surface area contributed by atoms with Crippen LogP contribution in [-0.4, -0.2) is 5.11 Å². The van der Waals surface area contributed by atoms with Crippen LogP contribution in [0.5, 0.6) is 5.75 Å². The molecule has 0 aliphatic rings. The molecule has 0 bridgehead atoms. The highest BCUT2D eigenvalue weighted by atomic mass is 19.1. The van der Waals surface area contributed by atoms with Gasteiger partial charge in [0.2, 0.25) is 0 Å². The molecule has 2 rings (SSSR count). The summed E-state index contributed by atoms with van der Waals surface area (Å²) in [5.74, 6) is 0.139. The maximum Gasteiger partial charge on any atom is 0.125 e. The van der Waals surface area contributed by atoms with Gasteiger partial charge in [-0.15, -0.1) is 0 Å². The van der Waals surface area contributed by atoms with Crippen LogP contribution >= 0.6 is 0 Å². The molecule has 1 atom stereocenters. The lowest BCUT2D eigenvalue weighted by Crippen LogP contribution is -2.02. The van der Waals surface area contributed by atoms with Gasteiger partial charge in [-0.25, -0.2) is 4.39 Å². The van der Waals surface area contributed by atoms with Crippen LogP contribution in [0.4, 0.5) is 4.39 Å². The van der Waals surface area contributed by atoms with E-state index in [0.717, 1.165) is 5.56 Å². The van der Waals surface area contributed by atoms with Gasteiger partial charge in [0.05, 0.1) is 6.10 Å². The Morgan fingerprint density at radius 2 is 1.75 bits per heavy atom. The summed E-state index contributed by atoms with van der Waals surface area (Å²) in [6.07, 6.45) is -0.764. The maximum absolute atomic E-state index is 13.2. The van der Waals surface area contributed by atoms with Crippen LogP contribution in [0, 0.1) is 19.7 Å². The number of rotatable bonds is 4. The van der Waals surface area contributed by atoms with Gasteiger partial charge in [0, 0.05) is 5.56 Å². The van der Waals surface area contributed by atoms with Gasteiger partial charge in [0.25, 0.3) is 0 Å². The molecule has 0 amide bonds. The molecule has 0 aromatic heterocycles. The molecule has 0 radical (unpaired) electrons. The fourth-order valence-corrected chi connectivity index (χ4v) is 2.29. The third kappa shape index (κ3) is 3.58. The standard InChI is InChI=1S/C17H19FO2/c1-11-6-12(2)8-14(7-11)10-20-17-5-4-15(18)9-16(17)13(3)19/h4-9,13,19H,10H2,1-3H3. The largest absolute Gasteiger partial charge is 0.489 e. The molecule has 106 valence electrons. The molecule has 0 fully saturated rings. The van der Waals surface area contributed by atoms with E-state index in [1.807, 2.05) is 13.8 Å². The Morgan fingerprint density at radius 3 is 2.35 bits per heavy atom. The Hall–Kier alpha value is -1.87. The predicted octanol–water partition coefficient (Wildman–Crippen LogP) is 4.07. The first kappa shape index (κ1) is 14.5.